The third-order valence-corrected chi connectivity index (χ3v) is 3.24. The summed E-state index contributed by atoms with van der Waals surface area (Å²) in [6.45, 7) is 1.51. The third-order valence-electron chi connectivity index (χ3n) is 2.74. The molecule has 0 heterocycles. The molecule has 0 unspecified atom stereocenters. The average Bonchev–Trinajstić information content (AvgIpc) is 3.01. The SMILES string of the molecule is O=C(CNCC1CC1)Cc1cccc(Br)c1. The van der Waals surface area contributed by atoms with E-state index in [0.717, 1.165) is 22.5 Å². The fourth-order valence-electron chi connectivity index (χ4n) is 1.67. The topological polar surface area (TPSA) is 29.1 Å². The number of Topliss-reactive ketones (excluding diaryl/α,β-unsaturated/α-hetero) is 1. The van der Waals surface area contributed by atoms with Gasteiger partial charge in [0.2, 0.25) is 0 Å². The molecule has 0 radical (unpaired) electrons. The van der Waals surface area contributed by atoms with Crippen LogP contribution in [0, 0.1) is 5.92 Å². The van der Waals surface area contributed by atoms with Gasteiger partial charge < -0.3 is 5.32 Å². The first kappa shape index (κ1) is 11.8. The molecular weight excluding hydrogens is 266 g/mol. The summed E-state index contributed by atoms with van der Waals surface area (Å²) in [5.74, 6) is 1.09. The standard InChI is InChI=1S/C13H16BrNO/c14-12-3-1-2-11(6-12)7-13(16)9-15-8-10-4-5-10/h1-3,6,10,15H,4-5,7-9H2. The highest BCUT2D eigenvalue weighted by Crippen LogP contribution is 2.27. The van der Waals surface area contributed by atoms with Gasteiger partial charge >= 0.3 is 0 Å². The number of carbonyl (C=O) groups is 1. The number of hydrogen-bond acceptors (Lipinski definition) is 2. The molecule has 1 aliphatic rings. The highest BCUT2D eigenvalue weighted by atomic mass is 79.9. The van der Waals surface area contributed by atoms with E-state index in [1.807, 2.05) is 24.3 Å². The molecule has 1 aromatic rings. The molecule has 0 spiro atoms. The quantitative estimate of drug-likeness (QED) is 0.868. The maximum atomic E-state index is 11.6. The zero-order valence-electron chi connectivity index (χ0n) is 9.21. The number of hydrogen-bond donors (Lipinski definition) is 1. The van der Waals surface area contributed by atoms with Crippen molar-refractivity contribution in [3.8, 4) is 0 Å². The Morgan fingerprint density at radius 3 is 2.94 bits per heavy atom. The van der Waals surface area contributed by atoms with E-state index in [4.69, 9.17) is 0 Å². The molecule has 16 heavy (non-hydrogen) atoms. The van der Waals surface area contributed by atoms with Gasteiger partial charge in [-0.05, 0) is 43.0 Å². The fourth-order valence-corrected chi connectivity index (χ4v) is 2.12. The molecule has 86 valence electrons. The van der Waals surface area contributed by atoms with Gasteiger partial charge in [-0.1, -0.05) is 28.1 Å². The number of halogens is 1. The van der Waals surface area contributed by atoms with Gasteiger partial charge in [0.1, 0.15) is 0 Å². The van der Waals surface area contributed by atoms with E-state index >= 15 is 0 Å². The Kier molecular flexibility index (Phi) is 4.13. The molecule has 0 aliphatic heterocycles. The molecule has 1 aromatic carbocycles. The van der Waals surface area contributed by atoms with E-state index in [2.05, 4.69) is 21.2 Å². The first-order chi connectivity index (χ1) is 7.74. The van der Waals surface area contributed by atoms with Crippen LogP contribution in [-0.4, -0.2) is 18.9 Å². The van der Waals surface area contributed by atoms with Crippen molar-refractivity contribution in [1.82, 2.24) is 5.32 Å². The Bertz CT molecular complexity index is 374. The number of benzene rings is 1. The summed E-state index contributed by atoms with van der Waals surface area (Å²) in [6, 6.07) is 7.92. The van der Waals surface area contributed by atoms with Crippen LogP contribution in [0.15, 0.2) is 28.7 Å². The summed E-state index contributed by atoms with van der Waals surface area (Å²) in [7, 11) is 0. The predicted octanol–water partition coefficient (Wildman–Crippen LogP) is 2.56. The lowest BCUT2D eigenvalue weighted by molar-refractivity contribution is -0.117. The van der Waals surface area contributed by atoms with Crippen LogP contribution in [0.4, 0.5) is 0 Å². The highest BCUT2D eigenvalue weighted by Gasteiger charge is 2.20. The van der Waals surface area contributed by atoms with E-state index in [1.54, 1.807) is 0 Å². The summed E-state index contributed by atoms with van der Waals surface area (Å²) < 4.78 is 1.03. The lowest BCUT2D eigenvalue weighted by Gasteiger charge is -2.03. The molecule has 1 saturated carbocycles. The van der Waals surface area contributed by atoms with E-state index in [0.29, 0.717) is 13.0 Å². The van der Waals surface area contributed by atoms with Gasteiger partial charge in [0.15, 0.2) is 5.78 Å². The summed E-state index contributed by atoms with van der Waals surface area (Å²) in [5, 5.41) is 3.22. The van der Waals surface area contributed by atoms with Crippen molar-refractivity contribution in [2.75, 3.05) is 13.1 Å². The van der Waals surface area contributed by atoms with Crippen LogP contribution in [0.2, 0.25) is 0 Å². The van der Waals surface area contributed by atoms with Gasteiger partial charge in [0.25, 0.3) is 0 Å². The number of nitrogens with one attached hydrogen (secondary N) is 1. The first-order valence-corrected chi connectivity index (χ1v) is 6.50. The third kappa shape index (κ3) is 4.06. The van der Waals surface area contributed by atoms with Crippen molar-refractivity contribution in [3.05, 3.63) is 34.3 Å². The largest absolute Gasteiger partial charge is 0.310 e. The molecule has 0 atom stereocenters. The molecular formula is C13H16BrNO. The zero-order chi connectivity index (χ0) is 11.4. The van der Waals surface area contributed by atoms with Crippen LogP contribution < -0.4 is 5.32 Å². The maximum absolute atomic E-state index is 11.6. The van der Waals surface area contributed by atoms with Crippen LogP contribution in [0.3, 0.4) is 0 Å². The molecule has 0 aromatic heterocycles. The van der Waals surface area contributed by atoms with Gasteiger partial charge in [-0.15, -0.1) is 0 Å². The average molecular weight is 282 g/mol. The van der Waals surface area contributed by atoms with Crippen LogP contribution in [0.5, 0.6) is 0 Å². The molecule has 1 N–H and O–H groups in total. The van der Waals surface area contributed by atoms with Crippen molar-refractivity contribution < 1.29 is 4.79 Å². The van der Waals surface area contributed by atoms with Crippen molar-refractivity contribution in [2.24, 2.45) is 5.92 Å². The summed E-state index contributed by atoms with van der Waals surface area (Å²) >= 11 is 3.41. The smallest absolute Gasteiger partial charge is 0.150 e. The number of carbonyl (C=O) groups excluding carboxylic acids is 1. The molecule has 0 bridgehead atoms. The molecule has 0 amide bonds. The minimum Gasteiger partial charge on any atom is -0.310 e. The molecule has 2 rings (SSSR count). The minimum absolute atomic E-state index is 0.263. The molecule has 0 saturated heterocycles. The Morgan fingerprint density at radius 1 is 1.44 bits per heavy atom. The van der Waals surface area contributed by atoms with Gasteiger partial charge in [0.05, 0.1) is 6.54 Å². The minimum atomic E-state index is 0.263. The van der Waals surface area contributed by atoms with Crippen molar-refractivity contribution in [1.29, 1.82) is 0 Å². The van der Waals surface area contributed by atoms with Crippen molar-refractivity contribution in [3.63, 3.8) is 0 Å². The Morgan fingerprint density at radius 2 is 2.25 bits per heavy atom. The highest BCUT2D eigenvalue weighted by molar-refractivity contribution is 9.10. The monoisotopic (exact) mass is 281 g/mol. The van der Waals surface area contributed by atoms with E-state index in [9.17, 15) is 4.79 Å². The van der Waals surface area contributed by atoms with Crippen LogP contribution in [0.25, 0.3) is 0 Å². The van der Waals surface area contributed by atoms with Crippen LogP contribution >= 0.6 is 15.9 Å². The Labute approximate surface area is 105 Å². The number of rotatable bonds is 6. The second-order valence-corrected chi connectivity index (χ2v) is 5.34. The number of ketones is 1. The van der Waals surface area contributed by atoms with E-state index < -0.39 is 0 Å². The summed E-state index contributed by atoms with van der Waals surface area (Å²) in [4.78, 5) is 11.6. The van der Waals surface area contributed by atoms with Gasteiger partial charge in [-0.2, -0.15) is 0 Å². The van der Waals surface area contributed by atoms with Crippen LogP contribution in [-0.2, 0) is 11.2 Å². The molecule has 3 heteroatoms. The van der Waals surface area contributed by atoms with Crippen molar-refractivity contribution in [2.45, 2.75) is 19.3 Å². The second-order valence-electron chi connectivity index (χ2n) is 4.42. The van der Waals surface area contributed by atoms with E-state index in [-0.39, 0.29) is 5.78 Å². The van der Waals surface area contributed by atoms with Gasteiger partial charge in [-0.3, -0.25) is 4.79 Å². The summed E-state index contributed by atoms with van der Waals surface area (Å²) in [6.07, 6.45) is 3.18. The second kappa shape index (κ2) is 5.60. The normalized spacial score (nSPS) is 15.1. The molecule has 1 fully saturated rings. The molecule has 2 nitrogen and oxygen atoms in total. The van der Waals surface area contributed by atoms with E-state index in [1.165, 1.54) is 12.8 Å². The Hall–Kier alpha value is -0.670. The van der Waals surface area contributed by atoms with Gasteiger partial charge in [-0.25, -0.2) is 0 Å². The first-order valence-electron chi connectivity index (χ1n) is 5.71. The van der Waals surface area contributed by atoms with Crippen molar-refractivity contribution >= 4 is 21.7 Å². The zero-order valence-corrected chi connectivity index (χ0v) is 10.8. The molecule has 1 aliphatic carbocycles. The summed E-state index contributed by atoms with van der Waals surface area (Å²) in [5.41, 5.74) is 1.08. The predicted molar refractivity (Wildman–Crippen MR) is 68.4 cm³/mol. The lowest BCUT2D eigenvalue weighted by atomic mass is 10.1. The maximum Gasteiger partial charge on any atom is 0.150 e. The Balaban J connectivity index is 1.73. The lowest BCUT2D eigenvalue weighted by Crippen LogP contribution is -2.26. The van der Waals surface area contributed by atoms with Crippen LogP contribution in [0.1, 0.15) is 18.4 Å². The van der Waals surface area contributed by atoms with Gasteiger partial charge in [0, 0.05) is 10.9 Å². The fraction of sp³-hybridized carbons (Fsp3) is 0.462.